The van der Waals surface area contributed by atoms with E-state index < -0.39 is 0 Å². The summed E-state index contributed by atoms with van der Waals surface area (Å²) < 4.78 is 0. The van der Waals surface area contributed by atoms with Crippen LogP contribution in [-0.4, -0.2) is 0 Å². The molecule has 0 saturated heterocycles. The monoisotopic (exact) mass is 673 g/mol. The summed E-state index contributed by atoms with van der Waals surface area (Å²) in [6.07, 6.45) is 0. The van der Waals surface area contributed by atoms with Gasteiger partial charge >= 0.3 is 0 Å². The Morgan fingerprint density at radius 1 is 0.226 bits per heavy atom. The number of anilines is 3. The Bertz CT molecular complexity index is 2910. The molecule has 0 spiro atoms. The minimum Gasteiger partial charge on any atom is -0.310 e. The van der Waals surface area contributed by atoms with Crippen LogP contribution >= 0.6 is 0 Å². The molecule has 0 radical (unpaired) electrons. The average molecular weight is 674 g/mol. The van der Waals surface area contributed by atoms with Gasteiger partial charge in [0, 0.05) is 17.1 Å². The predicted octanol–water partition coefficient (Wildman–Crippen LogP) is 14.8. The Kier molecular flexibility index (Phi) is 7.55. The molecule has 10 aromatic rings. The van der Waals surface area contributed by atoms with Crippen LogP contribution in [0.1, 0.15) is 0 Å². The highest BCUT2D eigenvalue weighted by molar-refractivity contribution is 6.20. The van der Waals surface area contributed by atoms with Gasteiger partial charge in [0.2, 0.25) is 0 Å². The molecule has 0 aliphatic heterocycles. The van der Waals surface area contributed by atoms with Gasteiger partial charge in [-0.2, -0.15) is 0 Å². The highest BCUT2D eigenvalue weighted by atomic mass is 15.1. The van der Waals surface area contributed by atoms with Crippen LogP contribution in [-0.2, 0) is 0 Å². The quantitative estimate of drug-likeness (QED) is 0.159. The molecule has 0 amide bonds. The molecule has 53 heavy (non-hydrogen) atoms. The van der Waals surface area contributed by atoms with Crippen LogP contribution in [0.3, 0.4) is 0 Å². The number of para-hydroxylation sites is 1. The lowest BCUT2D eigenvalue weighted by atomic mass is 9.93. The molecule has 0 aromatic heterocycles. The first-order valence-corrected chi connectivity index (χ1v) is 18.2. The van der Waals surface area contributed by atoms with Gasteiger partial charge in [-0.3, -0.25) is 0 Å². The molecule has 248 valence electrons. The van der Waals surface area contributed by atoms with Gasteiger partial charge in [-0.25, -0.2) is 0 Å². The zero-order valence-corrected chi connectivity index (χ0v) is 29.2. The first-order chi connectivity index (χ1) is 26.2. The van der Waals surface area contributed by atoms with Crippen molar-refractivity contribution in [3.05, 3.63) is 212 Å². The van der Waals surface area contributed by atoms with Gasteiger partial charge in [-0.15, -0.1) is 0 Å². The van der Waals surface area contributed by atoms with Crippen molar-refractivity contribution in [3.8, 4) is 33.4 Å². The van der Waals surface area contributed by atoms with Crippen LogP contribution < -0.4 is 4.90 Å². The van der Waals surface area contributed by atoms with Crippen LogP contribution in [0.5, 0.6) is 0 Å². The summed E-state index contributed by atoms with van der Waals surface area (Å²) >= 11 is 0. The molecule has 0 bridgehead atoms. The standard InChI is InChI=1S/C52H35N/c1-3-9-36(10-4-1)37-15-17-38(18-16-37)39-25-29-48(30-26-39)53(47-12-5-2-6-13-47)49-31-27-43-33-42(22-23-45(43)35-49)44-28-32-51-46(34-44)24-21-41-20-19-40-11-7-8-14-50(40)52(41)51/h1-35H. The molecule has 0 heterocycles. The second-order valence-electron chi connectivity index (χ2n) is 13.8. The lowest BCUT2D eigenvalue weighted by Crippen LogP contribution is -2.09. The maximum Gasteiger partial charge on any atom is 0.0468 e. The highest BCUT2D eigenvalue weighted by Crippen LogP contribution is 2.39. The summed E-state index contributed by atoms with van der Waals surface area (Å²) in [7, 11) is 0. The van der Waals surface area contributed by atoms with Gasteiger partial charge in [0.05, 0.1) is 0 Å². The Morgan fingerprint density at radius 3 is 1.40 bits per heavy atom. The third-order valence-electron chi connectivity index (χ3n) is 10.6. The van der Waals surface area contributed by atoms with E-state index in [2.05, 4.69) is 217 Å². The zero-order chi connectivity index (χ0) is 35.1. The van der Waals surface area contributed by atoms with Crippen molar-refractivity contribution in [2.75, 3.05) is 4.90 Å². The number of nitrogens with zero attached hydrogens (tertiary/aromatic N) is 1. The Hall–Kier alpha value is -6.96. The molecule has 0 atom stereocenters. The van der Waals surface area contributed by atoms with E-state index in [1.165, 1.54) is 76.5 Å². The number of benzene rings is 10. The molecule has 0 fully saturated rings. The topological polar surface area (TPSA) is 3.24 Å². The molecule has 0 N–H and O–H groups in total. The summed E-state index contributed by atoms with van der Waals surface area (Å²) in [6, 6.07) is 77.1. The van der Waals surface area contributed by atoms with E-state index in [4.69, 9.17) is 0 Å². The fourth-order valence-electron chi connectivity index (χ4n) is 7.88. The fourth-order valence-corrected chi connectivity index (χ4v) is 7.88. The number of hydrogen-bond donors (Lipinski definition) is 0. The Labute approximate surface area is 309 Å². The number of fused-ring (bicyclic) bond motifs is 6. The van der Waals surface area contributed by atoms with E-state index in [0.717, 1.165) is 17.1 Å². The maximum atomic E-state index is 2.34. The summed E-state index contributed by atoms with van der Waals surface area (Å²) in [5.41, 5.74) is 10.7. The fraction of sp³-hybridized carbons (Fsp3) is 0. The molecule has 1 nitrogen and oxygen atoms in total. The predicted molar refractivity (Wildman–Crippen MR) is 227 cm³/mol. The van der Waals surface area contributed by atoms with Crippen LogP contribution in [0, 0.1) is 0 Å². The molecule has 10 aromatic carbocycles. The average Bonchev–Trinajstić information content (AvgIpc) is 3.24. The van der Waals surface area contributed by atoms with Crippen LogP contribution in [0.4, 0.5) is 17.1 Å². The smallest absolute Gasteiger partial charge is 0.0468 e. The Morgan fingerprint density at radius 2 is 0.660 bits per heavy atom. The second-order valence-corrected chi connectivity index (χ2v) is 13.8. The minimum atomic E-state index is 1.12. The summed E-state index contributed by atoms with van der Waals surface area (Å²) in [4.78, 5) is 2.34. The molecule has 0 aliphatic rings. The van der Waals surface area contributed by atoms with Gasteiger partial charge in [0.15, 0.2) is 0 Å². The van der Waals surface area contributed by atoms with Crippen LogP contribution in [0.2, 0.25) is 0 Å². The molecular formula is C52H35N. The van der Waals surface area contributed by atoms with Crippen molar-refractivity contribution < 1.29 is 0 Å². The van der Waals surface area contributed by atoms with Crippen LogP contribution in [0.15, 0.2) is 212 Å². The van der Waals surface area contributed by atoms with Gasteiger partial charge in [0.1, 0.15) is 0 Å². The van der Waals surface area contributed by atoms with Crippen molar-refractivity contribution in [3.63, 3.8) is 0 Å². The minimum absolute atomic E-state index is 1.12. The van der Waals surface area contributed by atoms with Crippen molar-refractivity contribution in [1.82, 2.24) is 0 Å². The van der Waals surface area contributed by atoms with E-state index in [-0.39, 0.29) is 0 Å². The van der Waals surface area contributed by atoms with Crippen molar-refractivity contribution in [1.29, 1.82) is 0 Å². The lowest BCUT2D eigenvalue weighted by Gasteiger charge is -2.26. The summed E-state index contributed by atoms with van der Waals surface area (Å²) in [6.45, 7) is 0. The lowest BCUT2D eigenvalue weighted by molar-refractivity contribution is 1.29. The van der Waals surface area contributed by atoms with Gasteiger partial charge in [0.25, 0.3) is 0 Å². The first-order valence-electron chi connectivity index (χ1n) is 18.2. The molecule has 0 unspecified atom stereocenters. The largest absolute Gasteiger partial charge is 0.310 e. The molecular weight excluding hydrogens is 639 g/mol. The van der Waals surface area contributed by atoms with E-state index >= 15 is 0 Å². The second kappa shape index (κ2) is 13.0. The molecule has 0 saturated carbocycles. The normalized spacial score (nSPS) is 11.4. The molecule has 0 aliphatic carbocycles. The van der Waals surface area contributed by atoms with Crippen LogP contribution in [0.25, 0.3) is 76.5 Å². The van der Waals surface area contributed by atoms with E-state index in [0.29, 0.717) is 0 Å². The SMILES string of the molecule is c1ccc(-c2ccc(-c3ccc(N(c4ccccc4)c4ccc5cc(-c6ccc7c(ccc8ccc9ccccc9c87)c6)ccc5c4)cc3)cc2)cc1. The van der Waals surface area contributed by atoms with Gasteiger partial charge in [-0.05, 0) is 125 Å². The highest BCUT2D eigenvalue weighted by Gasteiger charge is 2.14. The van der Waals surface area contributed by atoms with Gasteiger partial charge in [-0.1, -0.05) is 164 Å². The van der Waals surface area contributed by atoms with Crippen molar-refractivity contribution >= 4 is 60.2 Å². The van der Waals surface area contributed by atoms with E-state index in [1.54, 1.807) is 0 Å². The summed E-state index contributed by atoms with van der Waals surface area (Å²) in [5.74, 6) is 0. The molecule has 1 heteroatoms. The van der Waals surface area contributed by atoms with Crippen molar-refractivity contribution in [2.45, 2.75) is 0 Å². The first kappa shape index (κ1) is 30.8. The van der Waals surface area contributed by atoms with Gasteiger partial charge < -0.3 is 4.90 Å². The third-order valence-corrected chi connectivity index (χ3v) is 10.6. The maximum absolute atomic E-state index is 2.34. The molecule has 10 rings (SSSR count). The van der Waals surface area contributed by atoms with E-state index in [9.17, 15) is 0 Å². The van der Waals surface area contributed by atoms with Crippen molar-refractivity contribution in [2.24, 2.45) is 0 Å². The Balaban J connectivity index is 0.977. The zero-order valence-electron chi connectivity index (χ0n) is 29.2. The number of rotatable bonds is 6. The summed E-state index contributed by atoms with van der Waals surface area (Å²) in [5, 5.41) is 10.2. The third kappa shape index (κ3) is 5.69. The van der Waals surface area contributed by atoms with E-state index in [1.807, 2.05) is 0 Å². The number of hydrogen-bond acceptors (Lipinski definition) is 1.